The molecule has 0 bridgehead atoms. The van der Waals surface area contributed by atoms with Crippen molar-refractivity contribution in [3.8, 4) is 6.07 Å². The molecule has 9 heteroatoms. The van der Waals surface area contributed by atoms with Gasteiger partial charge in [0.1, 0.15) is 11.7 Å². The minimum absolute atomic E-state index is 0.0303. The number of hydrogen-bond donors (Lipinski definition) is 1. The Labute approximate surface area is 147 Å². The number of aromatic nitrogens is 2. The topological polar surface area (TPSA) is 73.4 Å². The van der Waals surface area contributed by atoms with E-state index >= 15 is 0 Å². The van der Waals surface area contributed by atoms with Crippen molar-refractivity contribution < 1.29 is 8.78 Å². The number of nitrogens with zero attached hydrogens (tertiary/aromatic N) is 4. The average Bonchev–Trinajstić information content (AvgIpc) is 2.50. The summed E-state index contributed by atoms with van der Waals surface area (Å²) in [6.45, 7) is 4.66. The van der Waals surface area contributed by atoms with Crippen LogP contribution in [0.5, 0.6) is 0 Å². The molecule has 1 aliphatic heterocycles. The second-order valence-corrected chi connectivity index (χ2v) is 6.39. The van der Waals surface area contributed by atoms with Gasteiger partial charge in [-0.1, -0.05) is 18.2 Å². The fourth-order valence-electron chi connectivity index (χ4n) is 2.63. The van der Waals surface area contributed by atoms with Crippen LogP contribution in [-0.4, -0.2) is 28.4 Å². The fraction of sp³-hybridized carbons (Fsp3) is 0.312. The van der Waals surface area contributed by atoms with Gasteiger partial charge in [-0.05, 0) is 13.0 Å². The Hall–Kier alpha value is -2.66. The summed E-state index contributed by atoms with van der Waals surface area (Å²) in [6, 6.07) is 3.39. The molecular weight excluding hydrogens is 352 g/mol. The van der Waals surface area contributed by atoms with E-state index in [9.17, 15) is 18.8 Å². The molecule has 0 atom stereocenters. The van der Waals surface area contributed by atoms with Crippen molar-refractivity contribution in [1.82, 2.24) is 14.7 Å². The molecule has 0 aromatic carbocycles. The molecule has 1 aliphatic rings. The minimum atomic E-state index is -2.84. The highest BCUT2D eigenvalue weighted by Crippen LogP contribution is 2.32. The molecule has 2 aromatic heterocycles. The zero-order valence-corrected chi connectivity index (χ0v) is 14.1. The number of alkyl halides is 2. The van der Waals surface area contributed by atoms with Gasteiger partial charge in [0.25, 0.3) is 11.5 Å². The van der Waals surface area contributed by atoms with Crippen molar-refractivity contribution in [2.24, 2.45) is 0 Å². The summed E-state index contributed by atoms with van der Waals surface area (Å²) in [5.74, 6) is -2.87. The first-order chi connectivity index (χ1) is 11.7. The van der Waals surface area contributed by atoms with Gasteiger partial charge in [0, 0.05) is 24.0 Å². The fourth-order valence-corrected chi connectivity index (χ4v) is 2.85. The third-order valence-electron chi connectivity index (χ3n) is 3.78. The maximum Gasteiger partial charge on any atom is 0.282 e. The first-order valence-corrected chi connectivity index (χ1v) is 7.77. The molecule has 1 fully saturated rings. The van der Waals surface area contributed by atoms with Gasteiger partial charge in [-0.25, -0.2) is 13.8 Å². The van der Waals surface area contributed by atoms with Gasteiger partial charge in [-0.15, -0.1) is 0 Å². The van der Waals surface area contributed by atoms with Gasteiger partial charge in [0.05, 0.1) is 18.1 Å². The molecule has 0 unspecified atom stereocenters. The van der Waals surface area contributed by atoms with Gasteiger partial charge < -0.3 is 10.2 Å². The summed E-state index contributed by atoms with van der Waals surface area (Å²) < 4.78 is 27.6. The van der Waals surface area contributed by atoms with Crippen LogP contribution in [0.1, 0.15) is 18.1 Å². The van der Waals surface area contributed by atoms with E-state index in [1.165, 1.54) is 11.1 Å². The maximum atomic E-state index is 13.2. The van der Waals surface area contributed by atoms with Crippen molar-refractivity contribution in [3.63, 3.8) is 0 Å². The molecule has 0 amide bonds. The first-order valence-electron chi connectivity index (χ1n) is 7.39. The number of pyridine rings is 1. The van der Waals surface area contributed by atoms with Gasteiger partial charge in [0.2, 0.25) is 0 Å². The molecule has 2 aromatic rings. The first kappa shape index (κ1) is 17.2. The van der Waals surface area contributed by atoms with E-state index < -0.39 is 24.6 Å². The van der Waals surface area contributed by atoms with Crippen molar-refractivity contribution >= 4 is 23.1 Å². The molecule has 1 N–H and O–H groups in total. The van der Waals surface area contributed by atoms with Gasteiger partial charge in [-0.2, -0.15) is 5.26 Å². The van der Waals surface area contributed by atoms with Gasteiger partial charge >= 0.3 is 0 Å². The molecule has 0 spiro atoms. The summed E-state index contributed by atoms with van der Waals surface area (Å²) in [7, 11) is 0. The maximum absolute atomic E-state index is 13.2. The van der Waals surface area contributed by atoms with Crippen molar-refractivity contribution in [1.29, 1.82) is 5.26 Å². The van der Waals surface area contributed by atoms with Crippen LogP contribution < -0.4 is 15.8 Å². The van der Waals surface area contributed by atoms with Gasteiger partial charge in [-0.3, -0.25) is 9.20 Å². The number of rotatable bonds is 4. The highest BCUT2D eigenvalue weighted by molar-refractivity contribution is 6.30. The Bertz CT molecular complexity index is 971. The lowest BCUT2D eigenvalue weighted by Crippen LogP contribution is -2.57. The molecule has 0 saturated carbocycles. The van der Waals surface area contributed by atoms with Crippen LogP contribution in [0.2, 0.25) is 5.02 Å². The van der Waals surface area contributed by atoms with E-state index in [1.54, 1.807) is 19.1 Å². The van der Waals surface area contributed by atoms with Crippen LogP contribution in [0, 0.1) is 11.3 Å². The number of halogens is 3. The second kappa shape index (κ2) is 6.01. The van der Waals surface area contributed by atoms with Gasteiger partial charge in [0.15, 0.2) is 11.4 Å². The average molecular weight is 366 g/mol. The Morgan fingerprint density at radius 1 is 1.56 bits per heavy atom. The molecule has 1 saturated heterocycles. The minimum Gasteiger partial charge on any atom is -0.385 e. The van der Waals surface area contributed by atoms with E-state index in [4.69, 9.17) is 11.6 Å². The zero-order valence-electron chi connectivity index (χ0n) is 13.3. The summed E-state index contributed by atoms with van der Waals surface area (Å²) in [6.07, 6.45) is 1.35. The summed E-state index contributed by atoms with van der Waals surface area (Å²) in [5, 5.41) is 12.6. The van der Waals surface area contributed by atoms with E-state index in [2.05, 4.69) is 16.9 Å². The molecule has 0 radical (unpaired) electrons. The number of hydrogen-bond acceptors (Lipinski definition) is 5. The zero-order chi connectivity index (χ0) is 18.4. The number of nitriles is 1. The molecule has 0 aliphatic carbocycles. The number of allylic oxidation sites excluding steroid dienone is 1. The van der Waals surface area contributed by atoms with Crippen LogP contribution in [0.25, 0.3) is 5.65 Å². The normalized spacial score (nSPS) is 15.6. The molecule has 25 heavy (non-hydrogen) atoms. The predicted molar refractivity (Wildman–Crippen MR) is 90.0 cm³/mol. The standard InChI is InChI=1S/C16H14ClF2N5O/c1-9(2)21-5-10-3-11(17)6-24-13(10)22-14(12(4-20)15(24)25)23-7-16(18,19)8-23/h3,6,21H,1,5,7-8H2,2H3. The number of nitrogens with one attached hydrogen (secondary N) is 1. The Balaban J connectivity index is 2.19. The molecule has 130 valence electrons. The van der Waals surface area contributed by atoms with Crippen LogP contribution in [-0.2, 0) is 6.54 Å². The Morgan fingerprint density at radius 2 is 2.24 bits per heavy atom. The quantitative estimate of drug-likeness (QED) is 0.900. The van der Waals surface area contributed by atoms with Crippen LogP contribution in [0.4, 0.5) is 14.6 Å². The lowest BCUT2D eigenvalue weighted by molar-refractivity contribution is -0.0267. The third-order valence-corrected chi connectivity index (χ3v) is 3.99. The summed E-state index contributed by atoms with van der Waals surface area (Å²) in [4.78, 5) is 18.2. The number of anilines is 1. The van der Waals surface area contributed by atoms with E-state index in [0.717, 1.165) is 4.40 Å². The third kappa shape index (κ3) is 3.15. The highest BCUT2D eigenvalue weighted by atomic mass is 35.5. The highest BCUT2D eigenvalue weighted by Gasteiger charge is 2.45. The van der Waals surface area contributed by atoms with Crippen LogP contribution in [0.3, 0.4) is 0 Å². The van der Waals surface area contributed by atoms with Crippen molar-refractivity contribution in [3.05, 3.63) is 51.0 Å². The summed E-state index contributed by atoms with van der Waals surface area (Å²) in [5.41, 5.74) is 0.626. The van der Waals surface area contributed by atoms with Crippen LogP contribution >= 0.6 is 11.6 Å². The lowest BCUT2D eigenvalue weighted by Gasteiger charge is -2.39. The summed E-state index contributed by atoms with van der Waals surface area (Å²) >= 11 is 6.05. The molecule has 3 rings (SSSR count). The second-order valence-electron chi connectivity index (χ2n) is 5.95. The Kier molecular flexibility index (Phi) is 4.13. The Morgan fingerprint density at radius 3 is 2.80 bits per heavy atom. The van der Waals surface area contributed by atoms with Crippen molar-refractivity contribution in [2.45, 2.75) is 19.4 Å². The SMILES string of the molecule is C=C(C)NCc1cc(Cl)cn2c(=O)c(C#N)c(N3CC(F)(F)C3)nc12. The van der Waals surface area contributed by atoms with E-state index in [0.29, 0.717) is 22.8 Å². The van der Waals surface area contributed by atoms with Crippen LogP contribution in [0.15, 0.2) is 29.3 Å². The largest absolute Gasteiger partial charge is 0.385 e. The van der Waals surface area contributed by atoms with Crippen molar-refractivity contribution in [2.75, 3.05) is 18.0 Å². The molecule has 6 nitrogen and oxygen atoms in total. The predicted octanol–water partition coefficient (Wildman–Crippen LogP) is 2.30. The molecular formula is C16H14ClF2N5O. The smallest absolute Gasteiger partial charge is 0.282 e. The van der Waals surface area contributed by atoms with E-state index in [-0.39, 0.29) is 17.0 Å². The number of fused-ring (bicyclic) bond motifs is 1. The van der Waals surface area contributed by atoms with E-state index in [1.807, 2.05) is 0 Å². The molecule has 3 heterocycles. The lowest BCUT2D eigenvalue weighted by atomic mass is 10.1. The monoisotopic (exact) mass is 365 g/mol.